The molecule has 1 saturated heterocycles. The van der Waals surface area contributed by atoms with Gasteiger partial charge in [0.25, 0.3) is 0 Å². The van der Waals surface area contributed by atoms with E-state index < -0.39 is 0 Å². The van der Waals surface area contributed by atoms with Gasteiger partial charge in [0.2, 0.25) is 11.8 Å². The number of unbranched alkanes of at least 4 members (excludes halogenated alkanes) is 1. The molecule has 0 radical (unpaired) electrons. The van der Waals surface area contributed by atoms with Crippen LogP contribution in [0.1, 0.15) is 38.5 Å². The Hall–Kier alpha value is -1.10. The van der Waals surface area contributed by atoms with Crippen LogP contribution in [0.15, 0.2) is 0 Å². The van der Waals surface area contributed by atoms with Crippen molar-refractivity contribution in [1.82, 2.24) is 4.90 Å². The van der Waals surface area contributed by atoms with Gasteiger partial charge in [-0.2, -0.15) is 0 Å². The zero-order valence-corrected chi connectivity index (χ0v) is 9.65. The highest BCUT2D eigenvalue weighted by Gasteiger charge is 2.29. The second-order valence-electron chi connectivity index (χ2n) is 4.25. The number of piperidine rings is 1. The molecule has 4 N–H and O–H groups in total. The third kappa shape index (κ3) is 3.48. The molecule has 92 valence electrons. The number of likely N-dealkylation sites (tertiary alicyclic amines) is 1. The van der Waals surface area contributed by atoms with Gasteiger partial charge in [-0.15, -0.1) is 0 Å². The monoisotopic (exact) mass is 227 g/mol. The predicted octanol–water partition coefficient (Wildman–Crippen LogP) is -0.0182. The topological polar surface area (TPSA) is 89.4 Å². The molecule has 5 nitrogen and oxygen atoms in total. The van der Waals surface area contributed by atoms with Crippen LogP contribution in [0.5, 0.6) is 0 Å². The maximum atomic E-state index is 11.9. The smallest absolute Gasteiger partial charge is 0.240 e. The van der Waals surface area contributed by atoms with E-state index in [2.05, 4.69) is 0 Å². The van der Waals surface area contributed by atoms with Crippen molar-refractivity contribution in [2.75, 3.05) is 13.1 Å². The summed E-state index contributed by atoms with van der Waals surface area (Å²) in [5, 5.41) is 0. The molecule has 1 heterocycles. The first-order valence-electron chi connectivity index (χ1n) is 5.95. The second kappa shape index (κ2) is 6.48. The highest BCUT2D eigenvalue weighted by molar-refractivity contribution is 5.86. The lowest BCUT2D eigenvalue weighted by molar-refractivity contribution is -0.141. The van der Waals surface area contributed by atoms with E-state index in [9.17, 15) is 9.59 Å². The minimum atomic E-state index is -0.390. The molecule has 1 fully saturated rings. The van der Waals surface area contributed by atoms with Crippen molar-refractivity contribution in [1.29, 1.82) is 0 Å². The molecular weight excluding hydrogens is 206 g/mol. The van der Waals surface area contributed by atoms with Crippen LogP contribution in [0.25, 0.3) is 0 Å². The van der Waals surface area contributed by atoms with Crippen molar-refractivity contribution < 1.29 is 9.59 Å². The van der Waals surface area contributed by atoms with Crippen molar-refractivity contribution >= 4 is 11.8 Å². The minimum Gasteiger partial charge on any atom is -0.368 e. The number of hydrogen-bond donors (Lipinski definition) is 2. The van der Waals surface area contributed by atoms with E-state index >= 15 is 0 Å². The van der Waals surface area contributed by atoms with Crippen LogP contribution in [0, 0.1) is 0 Å². The van der Waals surface area contributed by atoms with Crippen molar-refractivity contribution in [3.05, 3.63) is 0 Å². The van der Waals surface area contributed by atoms with Gasteiger partial charge in [0.1, 0.15) is 6.04 Å². The summed E-state index contributed by atoms with van der Waals surface area (Å²) in [5.41, 5.74) is 10.7. The molecule has 0 aromatic carbocycles. The summed E-state index contributed by atoms with van der Waals surface area (Å²) in [7, 11) is 0. The van der Waals surface area contributed by atoms with Crippen molar-refractivity contribution in [2.45, 2.75) is 44.6 Å². The first-order valence-corrected chi connectivity index (χ1v) is 5.95. The van der Waals surface area contributed by atoms with Crippen LogP contribution in [0.4, 0.5) is 0 Å². The molecule has 0 aromatic rings. The quantitative estimate of drug-likeness (QED) is 0.647. The van der Waals surface area contributed by atoms with Crippen LogP contribution < -0.4 is 11.5 Å². The summed E-state index contributed by atoms with van der Waals surface area (Å²) >= 11 is 0. The van der Waals surface area contributed by atoms with Gasteiger partial charge in [0.05, 0.1) is 0 Å². The molecule has 0 spiro atoms. The second-order valence-corrected chi connectivity index (χ2v) is 4.25. The van der Waals surface area contributed by atoms with Gasteiger partial charge in [-0.05, 0) is 38.6 Å². The van der Waals surface area contributed by atoms with Gasteiger partial charge in [0.15, 0.2) is 0 Å². The van der Waals surface area contributed by atoms with Crippen molar-refractivity contribution in [3.8, 4) is 0 Å². The number of nitrogens with two attached hydrogens (primary N) is 2. The average Bonchev–Trinajstić information content (AvgIpc) is 2.29. The van der Waals surface area contributed by atoms with E-state index in [0.717, 1.165) is 25.7 Å². The summed E-state index contributed by atoms with van der Waals surface area (Å²) in [6.07, 6.45) is 4.75. The van der Waals surface area contributed by atoms with Gasteiger partial charge < -0.3 is 16.4 Å². The molecular formula is C11H21N3O2. The lowest BCUT2D eigenvalue weighted by Crippen LogP contribution is -2.50. The van der Waals surface area contributed by atoms with Crippen LogP contribution in [-0.4, -0.2) is 35.8 Å². The van der Waals surface area contributed by atoms with Crippen LogP contribution in [0.3, 0.4) is 0 Å². The lowest BCUT2D eigenvalue weighted by atomic mass is 10.0. The largest absolute Gasteiger partial charge is 0.368 e. The molecule has 1 atom stereocenters. The van der Waals surface area contributed by atoms with Crippen LogP contribution >= 0.6 is 0 Å². The first-order chi connectivity index (χ1) is 7.66. The van der Waals surface area contributed by atoms with E-state index in [1.807, 2.05) is 0 Å². The van der Waals surface area contributed by atoms with E-state index in [1.54, 1.807) is 4.90 Å². The zero-order valence-electron chi connectivity index (χ0n) is 9.65. The molecule has 0 aromatic heterocycles. The Bertz CT molecular complexity index is 256. The summed E-state index contributed by atoms with van der Waals surface area (Å²) in [5.74, 6) is -0.344. The molecule has 1 rings (SSSR count). The highest BCUT2D eigenvalue weighted by Crippen LogP contribution is 2.18. The third-order valence-electron chi connectivity index (χ3n) is 3.00. The van der Waals surface area contributed by atoms with E-state index in [4.69, 9.17) is 11.5 Å². The van der Waals surface area contributed by atoms with Crippen molar-refractivity contribution in [3.63, 3.8) is 0 Å². The van der Waals surface area contributed by atoms with E-state index in [1.165, 1.54) is 0 Å². The summed E-state index contributed by atoms with van der Waals surface area (Å²) in [6.45, 7) is 1.27. The summed E-state index contributed by atoms with van der Waals surface area (Å²) in [4.78, 5) is 24.7. The highest BCUT2D eigenvalue weighted by atomic mass is 16.2. The Kier molecular flexibility index (Phi) is 5.25. The Morgan fingerprint density at radius 3 is 2.62 bits per heavy atom. The molecule has 5 heteroatoms. The number of carbonyl (C=O) groups is 2. The standard InChI is InChI=1S/C11H21N3O2/c12-7-3-1-6-10(15)14-8-4-2-5-9(14)11(13)16/h9H,1-8,12H2,(H2,13,16). The number of rotatable bonds is 5. The fraction of sp³-hybridized carbons (Fsp3) is 0.818. The van der Waals surface area contributed by atoms with Crippen LogP contribution in [0.2, 0.25) is 0 Å². The molecule has 1 aliphatic heterocycles. The number of carbonyl (C=O) groups excluding carboxylic acids is 2. The van der Waals surface area contributed by atoms with Gasteiger partial charge >= 0.3 is 0 Å². The molecule has 0 aliphatic carbocycles. The molecule has 2 amide bonds. The number of nitrogens with zero attached hydrogens (tertiary/aromatic N) is 1. The maximum Gasteiger partial charge on any atom is 0.240 e. The SMILES string of the molecule is NCCCCC(=O)N1CCCCC1C(N)=O. The predicted molar refractivity (Wildman–Crippen MR) is 61.5 cm³/mol. The molecule has 16 heavy (non-hydrogen) atoms. The maximum absolute atomic E-state index is 11.9. The average molecular weight is 227 g/mol. The molecule has 1 aliphatic rings. The third-order valence-corrected chi connectivity index (χ3v) is 3.00. The normalized spacial score (nSPS) is 20.8. The van der Waals surface area contributed by atoms with Crippen LogP contribution in [-0.2, 0) is 9.59 Å². The van der Waals surface area contributed by atoms with Gasteiger partial charge in [-0.25, -0.2) is 0 Å². The Morgan fingerprint density at radius 2 is 2.00 bits per heavy atom. The molecule has 0 saturated carbocycles. The van der Waals surface area contributed by atoms with Crippen molar-refractivity contribution in [2.24, 2.45) is 11.5 Å². The first kappa shape index (κ1) is 13.0. The van der Waals surface area contributed by atoms with E-state index in [-0.39, 0.29) is 17.9 Å². The Labute approximate surface area is 96.1 Å². The van der Waals surface area contributed by atoms with Gasteiger partial charge in [-0.1, -0.05) is 0 Å². The molecule has 1 unspecified atom stereocenters. The molecule has 0 bridgehead atoms. The lowest BCUT2D eigenvalue weighted by Gasteiger charge is -2.33. The minimum absolute atomic E-state index is 0.0388. The fourth-order valence-electron chi connectivity index (χ4n) is 2.09. The fourth-order valence-corrected chi connectivity index (χ4v) is 2.09. The zero-order chi connectivity index (χ0) is 12.0. The summed E-state index contributed by atoms with van der Waals surface area (Å²) in [6, 6.07) is -0.390. The van der Waals surface area contributed by atoms with Gasteiger partial charge in [0, 0.05) is 13.0 Å². The number of hydrogen-bond acceptors (Lipinski definition) is 3. The van der Waals surface area contributed by atoms with Gasteiger partial charge in [-0.3, -0.25) is 9.59 Å². The Morgan fingerprint density at radius 1 is 1.25 bits per heavy atom. The summed E-state index contributed by atoms with van der Waals surface area (Å²) < 4.78 is 0. The van der Waals surface area contributed by atoms with E-state index in [0.29, 0.717) is 25.9 Å². The number of primary amides is 1. The number of amides is 2. The Balaban J connectivity index is 2.47.